The van der Waals surface area contributed by atoms with Gasteiger partial charge in [-0.05, 0) is 12.1 Å². The highest BCUT2D eigenvalue weighted by Crippen LogP contribution is 2.22. The molecule has 0 radical (unpaired) electrons. The van der Waals surface area contributed by atoms with Crippen molar-refractivity contribution in [2.75, 3.05) is 0 Å². The minimum absolute atomic E-state index is 0.0126. The van der Waals surface area contributed by atoms with Crippen LogP contribution in [0.25, 0.3) is 5.65 Å². The number of fused-ring (bicyclic) bond motifs is 1. The van der Waals surface area contributed by atoms with Crippen LogP contribution >= 0.6 is 0 Å². The largest absolute Gasteiger partial charge is 0.291 e. The van der Waals surface area contributed by atoms with Gasteiger partial charge < -0.3 is 0 Å². The van der Waals surface area contributed by atoms with Gasteiger partial charge in [-0.1, -0.05) is 26.8 Å². The third kappa shape index (κ3) is 1.59. The number of imidazole rings is 1. The van der Waals surface area contributed by atoms with E-state index in [4.69, 9.17) is 5.26 Å². The van der Waals surface area contributed by atoms with Crippen LogP contribution in [-0.2, 0) is 5.41 Å². The van der Waals surface area contributed by atoms with Gasteiger partial charge in [0.25, 0.3) is 0 Å². The molecule has 15 heavy (non-hydrogen) atoms. The normalized spacial score (nSPS) is 11.6. The van der Waals surface area contributed by atoms with Crippen LogP contribution in [0.1, 0.15) is 32.2 Å². The fourth-order valence-electron chi connectivity index (χ4n) is 1.46. The Bertz CT molecular complexity index is 538. The highest BCUT2D eigenvalue weighted by Gasteiger charge is 2.17. The SMILES string of the molecule is CC(C)(C)c1cn2c(C#N)cccc2n1. The number of hydrogen-bond acceptors (Lipinski definition) is 2. The molecule has 0 aromatic carbocycles. The molecule has 2 rings (SSSR count). The van der Waals surface area contributed by atoms with Crippen molar-refractivity contribution in [3.05, 3.63) is 35.8 Å². The molecule has 0 saturated carbocycles. The molecule has 0 spiro atoms. The van der Waals surface area contributed by atoms with Crippen LogP contribution in [-0.4, -0.2) is 9.38 Å². The molecule has 0 saturated heterocycles. The predicted molar refractivity (Wildman–Crippen MR) is 58.6 cm³/mol. The molecule has 3 heteroatoms. The molecule has 2 aromatic heterocycles. The zero-order chi connectivity index (χ0) is 11.1. The maximum Gasteiger partial charge on any atom is 0.138 e. The van der Waals surface area contributed by atoms with Crippen molar-refractivity contribution in [2.24, 2.45) is 0 Å². The van der Waals surface area contributed by atoms with Crippen molar-refractivity contribution in [2.45, 2.75) is 26.2 Å². The Balaban J connectivity index is 2.72. The first kappa shape index (κ1) is 9.72. The molecule has 3 nitrogen and oxygen atoms in total. The monoisotopic (exact) mass is 199 g/mol. The van der Waals surface area contributed by atoms with E-state index in [1.165, 1.54) is 0 Å². The quantitative estimate of drug-likeness (QED) is 0.654. The lowest BCUT2D eigenvalue weighted by atomic mass is 9.93. The van der Waals surface area contributed by atoms with E-state index >= 15 is 0 Å². The second kappa shape index (κ2) is 3.09. The summed E-state index contributed by atoms with van der Waals surface area (Å²) < 4.78 is 1.83. The Morgan fingerprint density at radius 1 is 1.33 bits per heavy atom. The summed E-state index contributed by atoms with van der Waals surface area (Å²) in [5, 5.41) is 8.95. The van der Waals surface area contributed by atoms with E-state index in [9.17, 15) is 0 Å². The van der Waals surface area contributed by atoms with Crippen LogP contribution in [0.3, 0.4) is 0 Å². The minimum atomic E-state index is 0.0126. The average molecular weight is 199 g/mol. The van der Waals surface area contributed by atoms with Crippen molar-refractivity contribution >= 4 is 5.65 Å². The summed E-state index contributed by atoms with van der Waals surface area (Å²) in [5.74, 6) is 0. The lowest BCUT2D eigenvalue weighted by Gasteiger charge is -2.13. The van der Waals surface area contributed by atoms with E-state index in [1.54, 1.807) is 6.07 Å². The van der Waals surface area contributed by atoms with Gasteiger partial charge in [0.2, 0.25) is 0 Å². The van der Waals surface area contributed by atoms with Crippen LogP contribution in [0.15, 0.2) is 24.4 Å². The smallest absolute Gasteiger partial charge is 0.138 e. The molecule has 76 valence electrons. The van der Waals surface area contributed by atoms with E-state index in [2.05, 4.69) is 31.8 Å². The van der Waals surface area contributed by atoms with Gasteiger partial charge in [0.1, 0.15) is 17.4 Å². The van der Waals surface area contributed by atoms with E-state index in [0.29, 0.717) is 5.69 Å². The van der Waals surface area contributed by atoms with Crippen molar-refractivity contribution in [3.63, 3.8) is 0 Å². The fourth-order valence-corrected chi connectivity index (χ4v) is 1.46. The van der Waals surface area contributed by atoms with E-state index in [-0.39, 0.29) is 5.41 Å². The predicted octanol–water partition coefficient (Wildman–Crippen LogP) is 2.50. The van der Waals surface area contributed by atoms with Crippen LogP contribution in [0.5, 0.6) is 0 Å². The summed E-state index contributed by atoms with van der Waals surface area (Å²) in [6.07, 6.45) is 1.94. The Morgan fingerprint density at radius 2 is 2.07 bits per heavy atom. The van der Waals surface area contributed by atoms with E-state index < -0.39 is 0 Å². The fraction of sp³-hybridized carbons (Fsp3) is 0.333. The number of nitrogens with zero attached hydrogens (tertiary/aromatic N) is 3. The highest BCUT2D eigenvalue weighted by molar-refractivity contribution is 5.45. The first-order chi connectivity index (χ1) is 7.02. The average Bonchev–Trinajstić information content (AvgIpc) is 2.59. The van der Waals surface area contributed by atoms with Crippen LogP contribution in [0, 0.1) is 11.3 Å². The molecule has 0 aliphatic rings. The zero-order valence-electron chi connectivity index (χ0n) is 9.15. The van der Waals surface area contributed by atoms with Gasteiger partial charge in [-0.3, -0.25) is 4.40 Å². The van der Waals surface area contributed by atoms with Crippen molar-refractivity contribution in [1.82, 2.24) is 9.38 Å². The third-order valence-corrected chi connectivity index (χ3v) is 2.38. The third-order valence-electron chi connectivity index (χ3n) is 2.38. The second-order valence-corrected chi connectivity index (χ2v) is 4.63. The lowest BCUT2D eigenvalue weighted by Crippen LogP contribution is -2.11. The minimum Gasteiger partial charge on any atom is -0.291 e. The molecule has 0 aliphatic heterocycles. The van der Waals surface area contributed by atoms with Crippen LogP contribution in [0.4, 0.5) is 0 Å². The lowest BCUT2D eigenvalue weighted by molar-refractivity contribution is 0.573. The number of hydrogen-bond donors (Lipinski definition) is 0. The molecular formula is C12H13N3. The Labute approximate surface area is 89.0 Å². The zero-order valence-corrected chi connectivity index (χ0v) is 9.15. The number of pyridine rings is 1. The topological polar surface area (TPSA) is 41.1 Å². The first-order valence-electron chi connectivity index (χ1n) is 4.91. The molecule has 2 aromatic rings. The van der Waals surface area contributed by atoms with Crippen LogP contribution < -0.4 is 0 Å². The summed E-state index contributed by atoms with van der Waals surface area (Å²) >= 11 is 0. The summed E-state index contributed by atoms with van der Waals surface area (Å²) in [4.78, 5) is 4.50. The summed E-state index contributed by atoms with van der Waals surface area (Å²) in [6, 6.07) is 7.72. The second-order valence-electron chi connectivity index (χ2n) is 4.63. The van der Waals surface area contributed by atoms with E-state index in [0.717, 1.165) is 11.3 Å². The summed E-state index contributed by atoms with van der Waals surface area (Å²) in [7, 11) is 0. The maximum absolute atomic E-state index is 8.95. The van der Waals surface area contributed by atoms with Gasteiger partial charge in [0.05, 0.1) is 5.69 Å². The molecule has 2 heterocycles. The van der Waals surface area contributed by atoms with Gasteiger partial charge in [-0.2, -0.15) is 5.26 Å². The highest BCUT2D eigenvalue weighted by atomic mass is 15.0. The summed E-state index contributed by atoms with van der Waals surface area (Å²) in [5.41, 5.74) is 2.47. The number of nitriles is 1. The summed E-state index contributed by atoms with van der Waals surface area (Å²) in [6.45, 7) is 6.34. The molecule has 0 aliphatic carbocycles. The van der Waals surface area contributed by atoms with Gasteiger partial charge in [0.15, 0.2) is 0 Å². The van der Waals surface area contributed by atoms with Crippen molar-refractivity contribution in [3.8, 4) is 6.07 Å². The van der Waals surface area contributed by atoms with Crippen LogP contribution in [0.2, 0.25) is 0 Å². The molecule has 0 unspecified atom stereocenters. The van der Waals surface area contributed by atoms with Gasteiger partial charge in [-0.25, -0.2) is 4.98 Å². The Morgan fingerprint density at radius 3 is 2.67 bits per heavy atom. The van der Waals surface area contributed by atoms with Crippen molar-refractivity contribution in [1.29, 1.82) is 5.26 Å². The molecule has 0 N–H and O–H groups in total. The van der Waals surface area contributed by atoms with Gasteiger partial charge >= 0.3 is 0 Å². The van der Waals surface area contributed by atoms with E-state index in [1.807, 2.05) is 22.7 Å². The molecule has 0 bridgehead atoms. The number of aromatic nitrogens is 2. The standard InChI is InChI=1S/C12H13N3/c1-12(2,3)10-8-15-9(7-13)5-4-6-11(15)14-10/h4-6,8H,1-3H3. The maximum atomic E-state index is 8.95. The van der Waals surface area contributed by atoms with Gasteiger partial charge in [0, 0.05) is 11.6 Å². The molecular weight excluding hydrogens is 186 g/mol. The van der Waals surface area contributed by atoms with Gasteiger partial charge in [-0.15, -0.1) is 0 Å². The van der Waals surface area contributed by atoms with Crippen molar-refractivity contribution < 1.29 is 0 Å². The Hall–Kier alpha value is -1.82. The molecule has 0 atom stereocenters. The molecule has 0 fully saturated rings. The molecule has 0 amide bonds. The first-order valence-corrected chi connectivity index (χ1v) is 4.91. The Kier molecular flexibility index (Phi) is 2.01. The number of rotatable bonds is 0.